The van der Waals surface area contributed by atoms with Gasteiger partial charge in [-0.15, -0.1) is 0 Å². The summed E-state index contributed by atoms with van der Waals surface area (Å²) in [6, 6.07) is 6.68. The molecule has 136 valence electrons. The normalized spacial score (nSPS) is 23.4. The van der Waals surface area contributed by atoms with E-state index in [4.69, 9.17) is 0 Å². The zero-order valence-corrected chi connectivity index (χ0v) is 14.5. The number of hydrogen-bond acceptors (Lipinski definition) is 2. The summed E-state index contributed by atoms with van der Waals surface area (Å²) in [6.45, 7) is 2.00. The number of nitrogens with zero attached hydrogens (tertiary/aromatic N) is 1. The molecule has 1 aromatic rings. The molecule has 3 amide bonds. The van der Waals surface area contributed by atoms with Crippen molar-refractivity contribution in [2.45, 2.75) is 44.6 Å². The molecule has 3 rings (SSSR count). The van der Waals surface area contributed by atoms with Crippen molar-refractivity contribution in [2.24, 2.45) is 5.92 Å². The summed E-state index contributed by atoms with van der Waals surface area (Å²) in [6.07, 6.45) is 5.13. The molecule has 2 fully saturated rings. The Kier molecular flexibility index (Phi) is 5.89. The number of likely N-dealkylation sites (tertiary alicyclic amines) is 1. The summed E-state index contributed by atoms with van der Waals surface area (Å²) in [7, 11) is 0. The molecule has 0 aromatic heterocycles. The van der Waals surface area contributed by atoms with Gasteiger partial charge in [-0.05, 0) is 49.8 Å². The number of nitrogens with one attached hydrogen (secondary N) is 2. The Morgan fingerprint density at radius 2 is 2.24 bits per heavy atom. The first-order valence-corrected chi connectivity index (χ1v) is 9.19. The molecule has 2 aliphatic heterocycles. The molecule has 5 nitrogen and oxygen atoms in total. The first-order valence-electron chi connectivity index (χ1n) is 9.19. The first kappa shape index (κ1) is 17.7. The van der Waals surface area contributed by atoms with Crippen LogP contribution in [0, 0.1) is 11.7 Å². The van der Waals surface area contributed by atoms with Crippen molar-refractivity contribution in [3.05, 3.63) is 35.6 Å². The molecule has 0 aliphatic carbocycles. The summed E-state index contributed by atoms with van der Waals surface area (Å²) in [5.41, 5.74) is 0.945. The third-order valence-corrected chi connectivity index (χ3v) is 5.17. The lowest BCUT2D eigenvalue weighted by molar-refractivity contribution is -0.119. The highest BCUT2D eigenvalue weighted by atomic mass is 19.1. The van der Waals surface area contributed by atoms with Gasteiger partial charge in [-0.2, -0.15) is 0 Å². The van der Waals surface area contributed by atoms with Crippen molar-refractivity contribution in [3.63, 3.8) is 0 Å². The molecule has 0 saturated carbocycles. The highest BCUT2D eigenvalue weighted by Gasteiger charge is 2.36. The van der Waals surface area contributed by atoms with Crippen LogP contribution in [0.4, 0.5) is 9.18 Å². The maximum atomic E-state index is 13.2. The number of halogens is 1. The Morgan fingerprint density at radius 3 is 3.00 bits per heavy atom. The van der Waals surface area contributed by atoms with Crippen LogP contribution >= 0.6 is 0 Å². The molecule has 2 heterocycles. The van der Waals surface area contributed by atoms with Crippen molar-refractivity contribution >= 4 is 11.9 Å². The Hall–Kier alpha value is -2.11. The van der Waals surface area contributed by atoms with Gasteiger partial charge in [0, 0.05) is 38.0 Å². The fourth-order valence-corrected chi connectivity index (χ4v) is 3.88. The monoisotopic (exact) mass is 347 g/mol. The molecule has 25 heavy (non-hydrogen) atoms. The van der Waals surface area contributed by atoms with Gasteiger partial charge in [-0.3, -0.25) is 4.79 Å². The topological polar surface area (TPSA) is 61.4 Å². The summed E-state index contributed by atoms with van der Waals surface area (Å²) >= 11 is 0. The highest BCUT2D eigenvalue weighted by Crippen LogP contribution is 2.27. The number of carbonyl (C=O) groups excluding carboxylic acids is 2. The lowest BCUT2D eigenvalue weighted by atomic mass is 9.90. The molecule has 0 spiro atoms. The summed E-state index contributed by atoms with van der Waals surface area (Å²) in [4.78, 5) is 26.0. The summed E-state index contributed by atoms with van der Waals surface area (Å²) in [5.74, 6) is 0.0919. The van der Waals surface area contributed by atoms with E-state index in [2.05, 4.69) is 10.6 Å². The molecule has 2 atom stereocenters. The van der Waals surface area contributed by atoms with Crippen molar-refractivity contribution in [1.82, 2.24) is 15.5 Å². The zero-order valence-electron chi connectivity index (χ0n) is 14.5. The van der Waals surface area contributed by atoms with Crippen LogP contribution in [0.3, 0.4) is 0 Å². The van der Waals surface area contributed by atoms with Gasteiger partial charge >= 0.3 is 6.03 Å². The van der Waals surface area contributed by atoms with E-state index < -0.39 is 0 Å². The largest absolute Gasteiger partial charge is 0.356 e. The average molecular weight is 347 g/mol. The minimum atomic E-state index is -0.225. The highest BCUT2D eigenvalue weighted by molar-refractivity contribution is 5.79. The van der Waals surface area contributed by atoms with Gasteiger partial charge in [-0.1, -0.05) is 12.1 Å². The summed E-state index contributed by atoms with van der Waals surface area (Å²) < 4.78 is 13.2. The van der Waals surface area contributed by atoms with Crippen molar-refractivity contribution in [1.29, 1.82) is 0 Å². The van der Waals surface area contributed by atoms with Gasteiger partial charge in [0.05, 0.1) is 0 Å². The number of amides is 3. The lowest BCUT2D eigenvalue weighted by Gasteiger charge is -2.38. The standard InChI is InChI=1S/C19H26FN3O2/c20-16-7-3-5-14(11-16)6-4-9-21-19(25)23-10-2-1-8-17(23)15-12-18(24)22-13-15/h3,5,7,11,15,17H,1-2,4,6,8-10,12-13H2,(H,21,25)(H,22,24)/t15-,17-/m0/s1. The van der Waals surface area contributed by atoms with E-state index in [1.54, 1.807) is 6.07 Å². The predicted octanol–water partition coefficient (Wildman–Crippen LogP) is 2.46. The second-order valence-corrected chi connectivity index (χ2v) is 6.99. The maximum absolute atomic E-state index is 13.2. The Morgan fingerprint density at radius 1 is 1.36 bits per heavy atom. The number of urea groups is 1. The van der Waals surface area contributed by atoms with Crippen LogP contribution < -0.4 is 10.6 Å². The van der Waals surface area contributed by atoms with E-state index in [-0.39, 0.29) is 29.7 Å². The van der Waals surface area contributed by atoms with Gasteiger partial charge in [0.15, 0.2) is 0 Å². The van der Waals surface area contributed by atoms with Crippen molar-refractivity contribution in [3.8, 4) is 0 Å². The van der Waals surface area contributed by atoms with Gasteiger partial charge in [0.1, 0.15) is 5.82 Å². The number of carbonyl (C=O) groups is 2. The third kappa shape index (κ3) is 4.71. The Balaban J connectivity index is 1.46. The van der Waals surface area contributed by atoms with Crippen LogP contribution in [0.1, 0.15) is 37.7 Å². The predicted molar refractivity (Wildman–Crippen MR) is 93.6 cm³/mol. The fraction of sp³-hybridized carbons (Fsp3) is 0.579. The molecule has 0 unspecified atom stereocenters. The molecule has 2 N–H and O–H groups in total. The van der Waals surface area contributed by atoms with E-state index in [1.165, 1.54) is 12.1 Å². The molecule has 0 bridgehead atoms. The number of rotatable bonds is 5. The van der Waals surface area contributed by atoms with Crippen molar-refractivity contribution in [2.75, 3.05) is 19.6 Å². The minimum absolute atomic E-state index is 0.0386. The van der Waals surface area contributed by atoms with E-state index in [1.807, 2.05) is 11.0 Å². The number of piperidine rings is 1. The van der Waals surface area contributed by atoms with Crippen LogP contribution in [-0.2, 0) is 11.2 Å². The molecule has 2 saturated heterocycles. The van der Waals surface area contributed by atoms with Crippen LogP contribution in [0.2, 0.25) is 0 Å². The van der Waals surface area contributed by atoms with E-state index in [0.29, 0.717) is 19.5 Å². The molecular weight excluding hydrogens is 321 g/mol. The third-order valence-electron chi connectivity index (χ3n) is 5.17. The molecule has 6 heteroatoms. The Bertz CT molecular complexity index is 622. The lowest BCUT2D eigenvalue weighted by Crippen LogP contribution is -2.52. The van der Waals surface area contributed by atoms with E-state index in [0.717, 1.165) is 44.2 Å². The number of aryl methyl sites for hydroxylation is 1. The molecular formula is C19H26FN3O2. The number of hydrogen-bond donors (Lipinski definition) is 2. The second kappa shape index (κ2) is 8.32. The van der Waals surface area contributed by atoms with Gasteiger partial charge < -0.3 is 15.5 Å². The first-order chi connectivity index (χ1) is 12.1. The SMILES string of the molecule is O=C1C[C@H]([C@@H]2CCCCN2C(=O)NCCCc2cccc(F)c2)CN1. The smallest absolute Gasteiger partial charge is 0.317 e. The van der Waals surface area contributed by atoms with Gasteiger partial charge in [-0.25, -0.2) is 9.18 Å². The van der Waals surface area contributed by atoms with Crippen LogP contribution in [-0.4, -0.2) is 42.5 Å². The van der Waals surface area contributed by atoms with Crippen LogP contribution in [0.15, 0.2) is 24.3 Å². The molecule has 0 radical (unpaired) electrons. The zero-order chi connectivity index (χ0) is 17.6. The van der Waals surface area contributed by atoms with E-state index >= 15 is 0 Å². The average Bonchev–Trinajstić information content (AvgIpc) is 3.05. The second-order valence-electron chi connectivity index (χ2n) is 6.99. The maximum Gasteiger partial charge on any atom is 0.317 e. The fourth-order valence-electron chi connectivity index (χ4n) is 3.88. The van der Waals surface area contributed by atoms with Gasteiger partial charge in [0.2, 0.25) is 5.91 Å². The molecule has 1 aromatic carbocycles. The quantitative estimate of drug-likeness (QED) is 0.804. The van der Waals surface area contributed by atoms with Crippen LogP contribution in [0.25, 0.3) is 0 Å². The molecule has 2 aliphatic rings. The van der Waals surface area contributed by atoms with Crippen LogP contribution in [0.5, 0.6) is 0 Å². The number of benzene rings is 1. The van der Waals surface area contributed by atoms with Gasteiger partial charge in [0.25, 0.3) is 0 Å². The van der Waals surface area contributed by atoms with Crippen molar-refractivity contribution < 1.29 is 14.0 Å². The Labute approximate surface area is 148 Å². The van der Waals surface area contributed by atoms with E-state index in [9.17, 15) is 14.0 Å². The summed E-state index contributed by atoms with van der Waals surface area (Å²) in [5, 5.41) is 5.86. The minimum Gasteiger partial charge on any atom is -0.356 e.